The Labute approximate surface area is 108 Å². The molecule has 1 N–H and O–H groups in total. The summed E-state index contributed by atoms with van der Waals surface area (Å²) in [6.45, 7) is 2.49. The number of nitrogens with zero attached hydrogens (tertiary/aromatic N) is 2. The fourth-order valence-electron chi connectivity index (χ4n) is 2.17. The molecule has 1 aliphatic heterocycles. The van der Waals surface area contributed by atoms with E-state index in [4.69, 9.17) is 4.74 Å². The van der Waals surface area contributed by atoms with Gasteiger partial charge in [0.2, 0.25) is 5.91 Å². The lowest BCUT2D eigenvalue weighted by atomic mass is 10.1. The van der Waals surface area contributed by atoms with Crippen LogP contribution < -0.4 is 5.32 Å². The number of aryl methyl sites for hydroxylation is 2. The minimum atomic E-state index is 0.123. The fourth-order valence-corrected chi connectivity index (χ4v) is 2.17. The van der Waals surface area contributed by atoms with Gasteiger partial charge in [-0.2, -0.15) is 5.10 Å². The summed E-state index contributed by atoms with van der Waals surface area (Å²) in [4.78, 5) is 11.6. The van der Waals surface area contributed by atoms with Crippen molar-refractivity contribution in [3.63, 3.8) is 0 Å². The molecule has 0 bridgehead atoms. The van der Waals surface area contributed by atoms with Crippen LogP contribution in [-0.4, -0.2) is 35.4 Å². The number of hydrogen-bond acceptors (Lipinski definition) is 3. The van der Waals surface area contributed by atoms with Crippen LogP contribution in [0.2, 0.25) is 0 Å². The van der Waals surface area contributed by atoms with Gasteiger partial charge in [0.25, 0.3) is 0 Å². The summed E-state index contributed by atoms with van der Waals surface area (Å²) in [5, 5.41) is 7.04. The smallest absolute Gasteiger partial charge is 0.220 e. The maximum absolute atomic E-state index is 11.6. The SMILES string of the molecule is Cn1cc(CCC(=O)NCC[C@H]2CCOC2)cn1. The molecule has 0 spiro atoms. The molecule has 2 heterocycles. The van der Waals surface area contributed by atoms with Gasteiger partial charge >= 0.3 is 0 Å². The third-order valence-electron chi connectivity index (χ3n) is 3.30. The van der Waals surface area contributed by atoms with E-state index >= 15 is 0 Å². The molecular weight excluding hydrogens is 230 g/mol. The van der Waals surface area contributed by atoms with Crippen LogP contribution in [0.3, 0.4) is 0 Å². The van der Waals surface area contributed by atoms with E-state index in [1.165, 1.54) is 0 Å². The van der Waals surface area contributed by atoms with Crippen LogP contribution in [0.1, 0.15) is 24.8 Å². The van der Waals surface area contributed by atoms with E-state index in [0.717, 1.165) is 44.6 Å². The molecule has 5 heteroatoms. The number of hydrogen-bond donors (Lipinski definition) is 1. The van der Waals surface area contributed by atoms with E-state index in [2.05, 4.69) is 10.4 Å². The normalized spacial score (nSPS) is 19.1. The second kappa shape index (κ2) is 6.54. The number of nitrogens with one attached hydrogen (secondary N) is 1. The lowest BCUT2D eigenvalue weighted by molar-refractivity contribution is -0.121. The Morgan fingerprint density at radius 1 is 1.67 bits per heavy atom. The number of carbonyl (C=O) groups is 1. The van der Waals surface area contributed by atoms with Crippen molar-refractivity contribution in [3.8, 4) is 0 Å². The van der Waals surface area contributed by atoms with Crippen LogP contribution in [0, 0.1) is 5.92 Å². The van der Waals surface area contributed by atoms with Crippen molar-refractivity contribution < 1.29 is 9.53 Å². The van der Waals surface area contributed by atoms with Gasteiger partial charge in [-0.05, 0) is 30.7 Å². The second-order valence-electron chi connectivity index (χ2n) is 4.89. The average Bonchev–Trinajstić information content (AvgIpc) is 2.98. The van der Waals surface area contributed by atoms with Crippen LogP contribution >= 0.6 is 0 Å². The molecule has 2 rings (SSSR count). The topological polar surface area (TPSA) is 56.2 Å². The zero-order valence-electron chi connectivity index (χ0n) is 10.9. The fraction of sp³-hybridized carbons (Fsp3) is 0.692. The zero-order valence-corrected chi connectivity index (χ0v) is 10.9. The van der Waals surface area contributed by atoms with Gasteiger partial charge in [-0.15, -0.1) is 0 Å². The van der Waals surface area contributed by atoms with Crippen molar-refractivity contribution >= 4 is 5.91 Å². The first kappa shape index (κ1) is 13.1. The van der Waals surface area contributed by atoms with Gasteiger partial charge in [-0.25, -0.2) is 0 Å². The minimum Gasteiger partial charge on any atom is -0.381 e. The van der Waals surface area contributed by atoms with E-state index in [1.54, 1.807) is 4.68 Å². The van der Waals surface area contributed by atoms with Crippen molar-refractivity contribution in [2.75, 3.05) is 19.8 Å². The Morgan fingerprint density at radius 2 is 2.56 bits per heavy atom. The van der Waals surface area contributed by atoms with E-state index in [9.17, 15) is 4.79 Å². The summed E-state index contributed by atoms with van der Waals surface area (Å²) < 4.78 is 7.06. The van der Waals surface area contributed by atoms with Gasteiger partial charge in [0.1, 0.15) is 0 Å². The highest BCUT2D eigenvalue weighted by molar-refractivity contribution is 5.76. The first-order valence-electron chi connectivity index (χ1n) is 6.56. The van der Waals surface area contributed by atoms with Gasteiger partial charge in [0.15, 0.2) is 0 Å². The van der Waals surface area contributed by atoms with Crippen molar-refractivity contribution in [1.29, 1.82) is 0 Å². The Hall–Kier alpha value is -1.36. The van der Waals surface area contributed by atoms with Crippen molar-refractivity contribution in [1.82, 2.24) is 15.1 Å². The number of ether oxygens (including phenoxy) is 1. The summed E-state index contributed by atoms with van der Waals surface area (Å²) in [6, 6.07) is 0. The van der Waals surface area contributed by atoms with E-state index in [-0.39, 0.29) is 5.91 Å². The van der Waals surface area contributed by atoms with Crippen LogP contribution in [0.25, 0.3) is 0 Å². The summed E-state index contributed by atoms with van der Waals surface area (Å²) in [5.74, 6) is 0.751. The molecule has 0 aliphatic carbocycles. The van der Waals surface area contributed by atoms with E-state index in [0.29, 0.717) is 12.3 Å². The molecule has 1 saturated heterocycles. The number of aromatic nitrogens is 2. The molecule has 0 aromatic carbocycles. The molecule has 0 saturated carbocycles. The van der Waals surface area contributed by atoms with Crippen LogP contribution in [0.5, 0.6) is 0 Å². The number of amides is 1. The molecule has 0 unspecified atom stereocenters. The standard InChI is InChI=1S/C13H21N3O2/c1-16-9-12(8-15-16)2-3-13(17)14-6-4-11-5-7-18-10-11/h8-9,11H,2-7,10H2,1H3,(H,14,17)/t11-/m0/s1. The van der Waals surface area contributed by atoms with Crippen molar-refractivity contribution in [2.24, 2.45) is 13.0 Å². The molecule has 1 amide bonds. The minimum absolute atomic E-state index is 0.123. The number of rotatable bonds is 6. The molecule has 1 aromatic rings. The molecule has 1 fully saturated rings. The summed E-state index contributed by atoms with van der Waals surface area (Å²) >= 11 is 0. The van der Waals surface area contributed by atoms with Crippen LogP contribution in [0.4, 0.5) is 0 Å². The summed E-state index contributed by atoms with van der Waals surface area (Å²) in [6.07, 6.45) is 7.20. The molecule has 1 aliphatic rings. The van der Waals surface area contributed by atoms with Crippen LogP contribution in [-0.2, 0) is 23.0 Å². The second-order valence-corrected chi connectivity index (χ2v) is 4.89. The Bertz CT molecular complexity index is 383. The average molecular weight is 251 g/mol. The highest BCUT2D eigenvalue weighted by Crippen LogP contribution is 2.15. The predicted octanol–water partition coefficient (Wildman–Crippen LogP) is 0.895. The van der Waals surface area contributed by atoms with Crippen LogP contribution in [0.15, 0.2) is 12.4 Å². The highest BCUT2D eigenvalue weighted by atomic mass is 16.5. The van der Waals surface area contributed by atoms with Gasteiger partial charge in [0.05, 0.1) is 6.20 Å². The quantitative estimate of drug-likeness (QED) is 0.817. The third-order valence-corrected chi connectivity index (χ3v) is 3.30. The van der Waals surface area contributed by atoms with E-state index in [1.807, 2.05) is 19.4 Å². The molecule has 18 heavy (non-hydrogen) atoms. The molecule has 1 atom stereocenters. The molecule has 0 radical (unpaired) electrons. The molecule has 5 nitrogen and oxygen atoms in total. The lowest BCUT2D eigenvalue weighted by Crippen LogP contribution is -2.26. The lowest BCUT2D eigenvalue weighted by Gasteiger charge is -2.08. The van der Waals surface area contributed by atoms with E-state index < -0.39 is 0 Å². The number of carbonyl (C=O) groups excluding carboxylic acids is 1. The third kappa shape index (κ3) is 4.14. The largest absolute Gasteiger partial charge is 0.381 e. The Kier molecular flexibility index (Phi) is 4.75. The van der Waals surface area contributed by atoms with Gasteiger partial charge in [0, 0.05) is 39.4 Å². The van der Waals surface area contributed by atoms with Gasteiger partial charge in [-0.1, -0.05) is 0 Å². The van der Waals surface area contributed by atoms with Gasteiger partial charge < -0.3 is 10.1 Å². The summed E-state index contributed by atoms with van der Waals surface area (Å²) in [5.41, 5.74) is 1.11. The van der Waals surface area contributed by atoms with Crippen molar-refractivity contribution in [2.45, 2.75) is 25.7 Å². The Morgan fingerprint density at radius 3 is 3.22 bits per heavy atom. The Balaban J connectivity index is 1.57. The first-order chi connectivity index (χ1) is 8.74. The maximum atomic E-state index is 11.6. The molecular formula is C13H21N3O2. The van der Waals surface area contributed by atoms with Gasteiger partial charge in [-0.3, -0.25) is 9.48 Å². The monoisotopic (exact) mass is 251 g/mol. The molecule has 100 valence electrons. The highest BCUT2D eigenvalue weighted by Gasteiger charge is 2.15. The maximum Gasteiger partial charge on any atom is 0.220 e. The van der Waals surface area contributed by atoms with Crippen molar-refractivity contribution in [3.05, 3.63) is 18.0 Å². The first-order valence-corrected chi connectivity index (χ1v) is 6.56. The summed E-state index contributed by atoms with van der Waals surface area (Å²) in [7, 11) is 1.88. The molecule has 1 aromatic heterocycles. The predicted molar refractivity (Wildman–Crippen MR) is 68.1 cm³/mol. The zero-order chi connectivity index (χ0) is 12.8.